The number of nitrogens with two attached hydrogens (primary N) is 1. The SMILES string of the molecule is N#Cc1c(N)sc2c(F)ccc(-c3c(Cl)cc4c(N5CCCCC6(CN(C(=O)c7ccnn7CCC(F)F)C6)C5)nc(OC[C@@]56CCCN5C[C@H](F)C6)nc4c3F)c12. The van der Waals surface area contributed by atoms with Gasteiger partial charge in [-0.2, -0.15) is 20.3 Å². The van der Waals surface area contributed by atoms with Crippen LogP contribution in [0.4, 0.5) is 32.8 Å². The number of likely N-dealkylation sites (tertiary alicyclic amines) is 1. The summed E-state index contributed by atoms with van der Waals surface area (Å²) in [4.78, 5) is 28.9. The third-order valence-electron chi connectivity index (χ3n) is 12.3. The Morgan fingerprint density at radius 1 is 1.12 bits per heavy atom. The van der Waals surface area contributed by atoms with Crippen molar-refractivity contribution >= 4 is 60.7 Å². The number of ether oxygens (including phenoxy) is 1. The average Bonchev–Trinajstić information content (AvgIpc) is 3.92. The number of hydrogen-bond donors (Lipinski definition) is 1. The highest BCUT2D eigenvalue weighted by atomic mass is 35.5. The van der Waals surface area contributed by atoms with E-state index < -0.39 is 36.2 Å². The predicted molar refractivity (Wildman–Crippen MR) is 210 cm³/mol. The molecule has 1 spiro atoms. The number of nitriles is 1. The number of aryl methyl sites for hydroxylation is 1. The molecule has 0 aliphatic carbocycles. The highest BCUT2D eigenvalue weighted by Crippen LogP contribution is 2.47. The van der Waals surface area contributed by atoms with Crippen LogP contribution in [0.2, 0.25) is 5.02 Å². The third kappa shape index (κ3) is 6.57. The first-order valence-corrected chi connectivity index (χ1v) is 20.6. The van der Waals surface area contributed by atoms with Gasteiger partial charge in [0.2, 0.25) is 6.43 Å². The van der Waals surface area contributed by atoms with E-state index in [9.17, 15) is 23.2 Å². The fourth-order valence-corrected chi connectivity index (χ4v) is 10.9. The molecule has 2 atom stereocenters. The van der Waals surface area contributed by atoms with Crippen LogP contribution in [0.5, 0.6) is 6.01 Å². The lowest BCUT2D eigenvalue weighted by molar-refractivity contribution is 0.00532. The van der Waals surface area contributed by atoms with Gasteiger partial charge in [-0.25, -0.2) is 22.0 Å². The lowest BCUT2D eigenvalue weighted by Crippen LogP contribution is -2.62. The predicted octanol–water partition coefficient (Wildman–Crippen LogP) is 7.84. The molecule has 0 unspecified atom stereocenters. The van der Waals surface area contributed by atoms with E-state index in [2.05, 4.69) is 15.0 Å². The number of amides is 1. The summed E-state index contributed by atoms with van der Waals surface area (Å²) in [5.41, 5.74) is 5.48. The maximum Gasteiger partial charge on any atom is 0.319 e. The Kier molecular flexibility index (Phi) is 9.87. The molecule has 304 valence electrons. The number of thiophene rings is 1. The zero-order valence-corrected chi connectivity index (χ0v) is 32.9. The maximum atomic E-state index is 17.3. The van der Waals surface area contributed by atoms with E-state index in [0.717, 1.165) is 50.0 Å². The number of anilines is 2. The van der Waals surface area contributed by atoms with Gasteiger partial charge in [0.1, 0.15) is 46.7 Å². The minimum absolute atomic E-state index is 0.0149. The molecule has 0 bridgehead atoms. The van der Waals surface area contributed by atoms with E-state index >= 15 is 8.78 Å². The molecular formula is C40H39ClF5N9O2S. The van der Waals surface area contributed by atoms with Gasteiger partial charge < -0.3 is 20.3 Å². The molecule has 7 heterocycles. The minimum atomic E-state index is -2.52. The summed E-state index contributed by atoms with van der Waals surface area (Å²) in [6.07, 6.45) is 1.88. The third-order valence-corrected chi connectivity index (χ3v) is 13.6. The van der Waals surface area contributed by atoms with Crippen LogP contribution in [0.25, 0.3) is 32.1 Å². The van der Waals surface area contributed by atoms with Gasteiger partial charge in [-0.15, -0.1) is 11.3 Å². The molecule has 5 aromatic rings. The largest absolute Gasteiger partial charge is 0.461 e. The molecule has 2 aromatic carbocycles. The van der Waals surface area contributed by atoms with Crippen LogP contribution in [-0.2, 0) is 6.54 Å². The van der Waals surface area contributed by atoms with Crippen LogP contribution in [0.15, 0.2) is 30.5 Å². The molecule has 4 saturated heterocycles. The number of benzene rings is 2. The Bertz CT molecular complexity index is 2490. The zero-order chi connectivity index (χ0) is 40.5. The molecule has 11 nitrogen and oxygen atoms in total. The molecule has 9 rings (SSSR count). The standard InChI is InChI=1S/C40H39ClF5N9O2S/c41-26-14-24-33(32(46)31(26)23-4-5-27(43)34-30(23)25(16-47)35(48)58-34)50-38(57-21-40-9-3-12-54(40)17-22(42)15-40)51-36(24)52-11-2-1-8-39(18-52)19-53(20-39)37(56)28-6-10-49-55(28)13-7-29(44)45/h4-6,10,14,22,29H,1-3,7-9,11-13,15,17-21,48H2/t22-,40+/m1/s1. The van der Waals surface area contributed by atoms with E-state index in [1.54, 1.807) is 11.0 Å². The van der Waals surface area contributed by atoms with Crippen molar-refractivity contribution in [3.8, 4) is 23.2 Å². The lowest BCUT2D eigenvalue weighted by Gasteiger charge is -2.51. The molecular weight excluding hydrogens is 801 g/mol. The first-order valence-electron chi connectivity index (χ1n) is 19.4. The molecule has 58 heavy (non-hydrogen) atoms. The molecule has 0 saturated carbocycles. The van der Waals surface area contributed by atoms with Crippen molar-refractivity contribution in [3.63, 3.8) is 0 Å². The number of alkyl halides is 3. The van der Waals surface area contributed by atoms with E-state index in [0.29, 0.717) is 50.3 Å². The van der Waals surface area contributed by atoms with Crippen molar-refractivity contribution in [2.45, 2.75) is 69.6 Å². The summed E-state index contributed by atoms with van der Waals surface area (Å²) in [5, 5.41) is 14.6. The van der Waals surface area contributed by atoms with Gasteiger partial charge in [-0.3, -0.25) is 14.4 Å². The van der Waals surface area contributed by atoms with Crippen LogP contribution < -0.4 is 15.4 Å². The summed E-state index contributed by atoms with van der Waals surface area (Å²) in [6.45, 7) is 2.90. The van der Waals surface area contributed by atoms with Crippen LogP contribution in [0.1, 0.15) is 61.0 Å². The van der Waals surface area contributed by atoms with Gasteiger partial charge >= 0.3 is 6.01 Å². The second kappa shape index (κ2) is 14.8. The van der Waals surface area contributed by atoms with E-state index in [-0.39, 0.29) is 78.5 Å². The van der Waals surface area contributed by atoms with Crippen molar-refractivity contribution in [1.29, 1.82) is 5.26 Å². The maximum absolute atomic E-state index is 17.3. The van der Waals surface area contributed by atoms with Crippen LogP contribution in [0, 0.1) is 28.4 Å². The fourth-order valence-electron chi connectivity index (χ4n) is 9.65. The number of aromatic nitrogens is 4. The number of carbonyl (C=O) groups excluding carboxylic acids is 1. The Balaban J connectivity index is 1.10. The molecule has 3 aromatic heterocycles. The van der Waals surface area contributed by atoms with E-state index in [4.69, 9.17) is 27.1 Å². The Hall–Kier alpha value is -4.79. The van der Waals surface area contributed by atoms with E-state index in [1.807, 2.05) is 11.0 Å². The lowest BCUT2D eigenvalue weighted by atomic mass is 9.75. The summed E-state index contributed by atoms with van der Waals surface area (Å²) in [6, 6.07) is 7.59. The highest BCUT2D eigenvalue weighted by molar-refractivity contribution is 7.23. The summed E-state index contributed by atoms with van der Waals surface area (Å²) < 4.78 is 80.7. The number of nitrogen functional groups attached to an aromatic ring is 1. The fraction of sp³-hybridized carbons (Fsp3) is 0.475. The molecule has 4 aliphatic heterocycles. The Morgan fingerprint density at radius 3 is 2.74 bits per heavy atom. The first-order chi connectivity index (χ1) is 27.9. The summed E-state index contributed by atoms with van der Waals surface area (Å²) in [7, 11) is 0. The first kappa shape index (κ1) is 38.7. The quantitative estimate of drug-likeness (QED) is 0.148. The Morgan fingerprint density at radius 2 is 1.95 bits per heavy atom. The van der Waals surface area contributed by atoms with Crippen LogP contribution in [0.3, 0.4) is 0 Å². The van der Waals surface area contributed by atoms with Crippen molar-refractivity contribution < 1.29 is 31.5 Å². The van der Waals surface area contributed by atoms with Crippen molar-refractivity contribution in [1.82, 2.24) is 29.5 Å². The second-order valence-electron chi connectivity index (χ2n) is 16.0. The monoisotopic (exact) mass is 839 g/mol. The molecule has 2 N–H and O–H groups in total. The number of carbonyl (C=O) groups is 1. The molecule has 4 fully saturated rings. The number of rotatable bonds is 9. The minimum Gasteiger partial charge on any atom is -0.461 e. The van der Waals surface area contributed by atoms with Gasteiger partial charge in [-0.05, 0) is 56.0 Å². The smallest absolute Gasteiger partial charge is 0.319 e. The van der Waals surface area contributed by atoms with Gasteiger partial charge in [0, 0.05) is 80.1 Å². The average molecular weight is 840 g/mol. The van der Waals surface area contributed by atoms with Gasteiger partial charge in [0.05, 0.1) is 20.8 Å². The molecule has 0 radical (unpaired) electrons. The van der Waals surface area contributed by atoms with Gasteiger partial charge in [-0.1, -0.05) is 24.1 Å². The summed E-state index contributed by atoms with van der Waals surface area (Å²) in [5.74, 6) is -1.35. The van der Waals surface area contributed by atoms with Crippen LogP contribution in [-0.4, -0.2) is 99.5 Å². The van der Waals surface area contributed by atoms with Gasteiger partial charge in [0.25, 0.3) is 5.91 Å². The van der Waals surface area contributed by atoms with Crippen molar-refractivity contribution in [2.75, 3.05) is 56.5 Å². The highest BCUT2D eigenvalue weighted by Gasteiger charge is 2.50. The number of fused-ring (bicyclic) bond motifs is 3. The second-order valence-corrected chi connectivity index (χ2v) is 17.5. The normalized spacial score (nSPS) is 21.9. The van der Waals surface area contributed by atoms with Gasteiger partial charge in [0.15, 0.2) is 5.82 Å². The zero-order valence-electron chi connectivity index (χ0n) is 31.3. The number of halogens is 6. The molecule has 18 heteroatoms. The Labute approximate surface area is 339 Å². The summed E-state index contributed by atoms with van der Waals surface area (Å²) >= 11 is 7.85. The topological polar surface area (TPSA) is 129 Å². The number of hydrogen-bond acceptors (Lipinski definition) is 10. The van der Waals surface area contributed by atoms with E-state index in [1.165, 1.54) is 29.1 Å². The molecule has 4 aliphatic rings. The van der Waals surface area contributed by atoms with Crippen molar-refractivity contribution in [2.24, 2.45) is 5.41 Å². The number of nitrogens with zero attached hydrogens (tertiary/aromatic N) is 8. The molecule has 1 amide bonds. The van der Waals surface area contributed by atoms with Crippen LogP contribution >= 0.6 is 22.9 Å². The van der Waals surface area contributed by atoms with Crippen molar-refractivity contribution in [3.05, 3.63) is 58.4 Å².